The fourth-order valence-electron chi connectivity index (χ4n) is 7.00. The number of carbonyl (C=O) groups excluding carboxylic acids is 2. The molecule has 2 aromatic rings. The minimum absolute atomic E-state index is 0.0954. The molecule has 1 saturated heterocycles. The highest BCUT2D eigenvalue weighted by Gasteiger charge is 2.50. The number of amides is 2. The number of allylic oxidation sites excluding steroid dienone is 1. The number of methoxy groups -OCH3 is 1. The van der Waals surface area contributed by atoms with Crippen LogP contribution in [0.25, 0.3) is 16.8 Å². The highest BCUT2D eigenvalue weighted by molar-refractivity contribution is 7.88. The third kappa shape index (κ3) is 5.75. The van der Waals surface area contributed by atoms with Gasteiger partial charge in [0.15, 0.2) is 5.75 Å². The second-order valence-electron chi connectivity index (χ2n) is 12.6. The molecule has 3 heterocycles. The van der Waals surface area contributed by atoms with E-state index in [0.29, 0.717) is 30.6 Å². The van der Waals surface area contributed by atoms with Crippen LogP contribution in [0.4, 0.5) is 18.0 Å². The number of likely N-dealkylation sites (tertiary alicyclic amines) is 1. The molecule has 0 radical (unpaired) electrons. The molecule has 46 heavy (non-hydrogen) atoms. The number of hydrogen-bond donors (Lipinski definition) is 1. The maximum Gasteiger partial charge on any atom is 0.534 e. The number of ether oxygens (including phenoxy) is 1. The van der Waals surface area contributed by atoms with Gasteiger partial charge in [0.25, 0.3) is 0 Å². The number of fused-ring (bicyclic) bond motifs is 3. The molecule has 2 amide bonds. The molecule has 0 spiro atoms. The fourth-order valence-corrected chi connectivity index (χ4v) is 7.48. The van der Waals surface area contributed by atoms with E-state index in [1.54, 1.807) is 11.1 Å². The third-order valence-corrected chi connectivity index (χ3v) is 10.5. The predicted octanol–water partition coefficient (Wildman–Crippen LogP) is 5.58. The number of hydrogen-bond acceptors (Lipinski definition) is 8. The van der Waals surface area contributed by atoms with Gasteiger partial charge in [-0.3, -0.25) is 14.8 Å². The normalized spacial score (nSPS) is 22.8. The third-order valence-electron chi connectivity index (χ3n) is 9.53. The Hall–Kier alpha value is -3.94. The number of rotatable bonds is 8. The van der Waals surface area contributed by atoms with Gasteiger partial charge < -0.3 is 19.1 Å². The van der Waals surface area contributed by atoms with E-state index in [2.05, 4.69) is 14.5 Å². The summed E-state index contributed by atoms with van der Waals surface area (Å²) >= 11 is 0. The van der Waals surface area contributed by atoms with Crippen LogP contribution in [0.15, 0.2) is 41.7 Å². The minimum atomic E-state index is -5.81. The number of nitrogens with one attached hydrogen (secondary N) is 1. The Morgan fingerprint density at radius 1 is 1.09 bits per heavy atom. The number of aliphatic imine (C=N–C) groups is 1. The summed E-state index contributed by atoms with van der Waals surface area (Å²) in [5, 5.41) is 2.66. The summed E-state index contributed by atoms with van der Waals surface area (Å²) in [6, 6.07) is 6.78. The second kappa shape index (κ2) is 12.0. The standard InChI is InChI=1S/C32H35F3N4O6S/c1-17(2)28(38-31(41)44-3)30(40)39-12-4-5-25(39)24-14-21(15-36-24)18-6-8-19(9-7-18)29-27-22-11-10-20(22)13-23(27)26(16-37-29)45-46(42,43)32(33,34)35/h6-9,15-17,20,22,25,28H,4-5,10-14H2,1-3H3,(H,38,41)/t20?,22?,25-,28-/m0/s1. The zero-order valence-corrected chi connectivity index (χ0v) is 26.5. The molecule has 2 unspecified atom stereocenters. The predicted molar refractivity (Wildman–Crippen MR) is 163 cm³/mol. The highest BCUT2D eigenvalue weighted by Crippen LogP contribution is 2.56. The van der Waals surface area contributed by atoms with Gasteiger partial charge in [0.05, 0.1) is 25.0 Å². The number of nitrogens with zero attached hydrogens (tertiary/aromatic N) is 3. The quantitative estimate of drug-likeness (QED) is 0.289. The number of halogens is 3. The number of pyridine rings is 1. The van der Waals surface area contributed by atoms with Crippen molar-refractivity contribution in [3.63, 3.8) is 0 Å². The molecule has 1 saturated carbocycles. The summed E-state index contributed by atoms with van der Waals surface area (Å²) in [7, 11) is -4.55. The van der Waals surface area contributed by atoms with E-state index < -0.39 is 27.8 Å². The van der Waals surface area contributed by atoms with E-state index in [9.17, 15) is 31.2 Å². The van der Waals surface area contributed by atoms with Crippen molar-refractivity contribution in [1.29, 1.82) is 0 Å². The van der Waals surface area contributed by atoms with Crippen molar-refractivity contribution in [1.82, 2.24) is 15.2 Å². The average molecular weight is 661 g/mol. The van der Waals surface area contributed by atoms with Crippen LogP contribution in [-0.4, -0.2) is 67.3 Å². The van der Waals surface area contributed by atoms with Crippen LogP contribution < -0.4 is 9.50 Å². The first kappa shape index (κ1) is 32.0. The molecule has 1 aromatic carbocycles. The number of alkyl halides is 3. The van der Waals surface area contributed by atoms with Crippen molar-refractivity contribution in [2.24, 2.45) is 16.8 Å². The van der Waals surface area contributed by atoms with Gasteiger partial charge in [0, 0.05) is 36.0 Å². The molecule has 246 valence electrons. The second-order valence-corrected chi connectivity index (χ2v) is 14.1. The summed E-state index contributed by atoms with van der Waals surface area (Å²) in [5.74, 6) is -0.333. The molecule has 1 N–H and O–H groups in total. The molecule has 2 fully saturated rings. The maximum atomic E-state index is 13.5. The van der Waals surface area contributed by atoms with Crippen LogP contribution in [-0.2, 0) is 26.1 Å². The monoisotopic (exact) mass is 660 g/mol. The van der Waals surface area contributed by atoms with E-state index in [0.717, 1.165) is 59.9 Å². The summed E-state index contributed by atoms with van der Waals surface area (Å²) in [5.41, 5.74) is -0.127. The maximum absolute atomic E-state index is 13.5. The van der Waals surface area contributed by atoms with E-state index in [1.807, 2.05) is 38.1 Å². The molecular formula is C32H35F3N4O6S. The van der Waals surface area contributed by atoms with Crippen molar-refractivity contribution in [2.75, 3.05) is 13.7 Å². The molecular weight excluding hydrogens is 625 g/mol. The lowest BCUT2D eigenvalue weighted by Crippen LogP contribution is -2.53. The van der Waals surface area contributed by atoms with Crippen LogP contribution in [0.1, 0.15) is 68.6 Å². The Morgan fingerprint density at radius 3 is 2.43 bits per heavy atom. The van der Waals surface area contributed by atoms with Gasteiger partial charge >= 0.3 is 21.7 Å². The van der Waals surface area contributed by atoms with Gasteiger partial charge in [-0.05, 0) is 66.6 Å². The van der Waals surface area contributed by atoms with Gasteiger partial charge in [0.2, 0.25) is 5.91 Å². The number of benzene rings is 1. The number of aromatic nitrogens is 1. The van der Waals surface area contributed by atoms with Crippen LogP contribution in [0.3, 0.4) is 0 Å². The molecule has 14 heteroatoms. The summed E-state index contributed by atoms with van der Waals surface area (Å²) in [6.45, 7) is 4.31. The van der Waals surface area contributed by atoms with E-state index in [4.69, 9.17) is 9.73 Å². The van der Waals surface area contributed by atoms with E-state index in [-0.39, 0.29) is 35.5 Å². The number of carbonyl (C=O) groups is 2. The Bertz CT molecular complexity index is 1720. The van der Waals surface area contributed by atoms with Gasteiger partial charge in [-0.25, -0.2) is 4.79 Å². The van der Waals surface area contributed by atoms with Crippen molar-refractivity contribution in [2.45, 2.75) is 75.9 Å². The first-order valence-corrected chi connectivity index (χ1v) is 16.7. The Morgan fingerprint density at radius 2 is 1.80 bits per heavy atom. The lowest BCUT2D eigenvalue weighted by Gasteiger charge is -2.31. The van der Waals surface area contributed by atoms with Crippen LogP contribution >= 0.6 is 0 Å². The van der Waals surface area contributed by atoms with E-state index in [1.165, 1.54) is 7.11 Å². The van der Waals surface area contributed by atoms with Gasteiger partial charge in [-0.2, -0.15) is 21.6 Å². The van der Waals surface area contributed by atoms with Gasteiger partial charge in [-0.15, -0.1) is 0 Å². The van der Waals surface area contributed by atoms with Crippen LogP contribution in [0.5, 0.6) is 5.75 Å². The topological polar surface area (TPSA) is 127 Å². The van der Waals surface area contributed by atoms with Crippen molar-refractivity contribution < 1.29 is 40.1 Å². The van der Waals surface area contributed by atoms with Crippen LogP contribution in [0.2, 0.25) is 0 Å². The molecule has 4 atom stereocenters. The van der Waals surface area contributed by atoms with E-state index >= 15 is 0 Å². The zero-order chi connectivity index (χ0) is 33.0. The van der Waals surface area contributed by atoms with Crippen LogP contribution in [0, 0.1) is 11.8 Å². The smallest absolute Gasteiger partial charge is 0.453 e. The molecule has 10 nitrogen and oxygen atoms in total. The Kier molecular flexibility index (Phi) is 8.36. The fraction of sp³-hybridized carbons (Fsp3) is 0.500. The van der Waals surface area contributed by atoms with Gasteiger partial charge in [-0.1, -0.05) is 38.1 Å². The highest BCUT2D eigenvalue weighted by atomic mass is 32.2. The summed E-state index contributed by atoms with van der Waals surface area (Å²) < 4.78 is 71.9. The molecule has 2 aliphatic carbocycles. The summed E-state index contributed by atoms with van der Waals surface area (Å²) in [6.07, 6.45) is 6.59. The Labute approximate surface area is 265 Å². The molecule has 6 rings (SSSR count). The minimum Gasteiger partial charge on any atom is -0.453 e. The molecule has 4 aliphatic rings. The van der Waals surface area contributed by atoms with Gasteiger partial charge in [0.1, 0.15) is 6.04 Å². The molecule has 0 bridgehead atoms. The molecule has 1 aromatic heterocycles. The summed E-state index contributed by atoms with van der Waals surface area (Å²) in [4.78, 5) is 36.3. The first-order chi connectivity index (χ1) is 21.8. The molecule has 2 aliphatic heterocycles. The Balaban J connectivity index is 1.18. The lowest BCUT2D eigenvalue weighted by molar-refractivity contribution is -0.134. The number of alkyl carbamates (subject to hydrolysis) is 1. The average Bonchev–Trinajstić information content (AvgIpc) is 3.73. The van der Waals surface area contributed by atoms with Crippen molar-refractivity contribution >= 4 is 33.4 Å². The SMILES string of the molecule is COC(=O)N[C@H](C(=O)N1CCC[C@H]1C1=NC=C(c2ccc(-c3ncc(OS(=O)(=O)C(F)(F)F)c4c3C3CCC3C4)cc2)C1)C(C)C. The van der Waals surface area contributed by atoms with Crippen molar-refractivity contribution in [3.8, 4) is 17.0 Å². The zero-order valence-electron chi connectivity index (χ0n) is 25.6. The van der Waals surface area contributed by atoms with Crippen molar-refractivity contribution in [3.05, 3.63) is 53.4 Å². The largest absolute Gasteiger partial charge is 0.534 e. The first-order valence-electron chi connectivity index (χ1n) is 15.3. The lowest BCUT2D eigenvalue weighted by atomic mass is 9.73.